The van der Waals surface area contributed by atoms with Gasteiger partial charge in [0.05, 0.1) is 6.61 Å². The predicted octanol–water partition coefficient (Wildman–Crippen LogP) is 2.45. The van der Waals surface area contributed by atoms with Crippen LogP contribution in [0.2, 0.25) is 0 Å². The summed E-state index contributed by atoms with van der Waals surface area (Å²) >= 11 is 0. The van der Waals surface area contributed by atoms with Gasteiger partial charge in [-0.3, -0.25) is 0 Å². The molecule has 1 rings (SSSR count). The van der Waals surface area contributed by atoms with Gasteiger partial charge in [-0.2, -0.15) is 0 Å². The monoisotopic (exact) mass is 250 g/mol. The van der Waals surface area contributed by atoms with Crippen LogP contribution in [0.5, 0.6) is 0 Å². The van der Waals surface area contributed by atoms with Crippen LogP contribution in [-0.2, 0) is 4.74 Å². The van der Waals surface area contributed by atoms with Crippen molar-refractivity contribution >= 4 is 5.69 Å². The zero-order chi connectivity index (χ0) is 13.2. The number of hydrogen-bond donors (Lipinski definition) is 1. The van der Waals surface area contributed by atoms with Crippen molar-refractivity contribution in [2.24, 2.45) is 0 Å². The first-order valence-corrected chi connectivity index (χ1v) is 6.72. The number of anilines is 1. The molecule has 1 aromatic rings. The van der Waals surface area contributed by atoms with Crippen molar-refractivity contribution in [1.82, 2.24) is 5.32 Å². The second-order valence-electron chi connectivity index (χ2n) is 4.66. The van der Waals surface area contributed by atoms with E-state index in [1.165, 1.54) is 24.1 Å². The van der Waals surface area contributed by atoms with Gasteiger partial charge in [-0.25, -0.2) is 0 Å². The minimum absolute atomic E-state index is 0.795. The molecule has 0 spiro atoms. The Kier molecular flexibility index (Phi) is 7.46. The van der Waals surface area contributed by atoms with Crippen molar-refractivity contribution in [2.45, 2.75) is 19.8 Å². The molecule has 1 aromatic carbocycles. The fourth-order valence-electron chi connectivity index (χ4n) is 2.01. The second kappa shape index (κ2) is 8.95. The molecule has 0 aliphatic carbocycles. The Labute approximate surface area is 111 Å². The van der Waals surface area contributed by atoms with Crippen molar-refractivity contribution in [3.8, 4) is 0 Å². The summed E-state index contributed by atoms with van der Waals surface area (Å²) in [6, 6.07) is 8.54. The number of rotatable bonds is 9. The molecule has 18 heavy (non-hydrogen) atoms. The Hall–Kier alpha value is -1.06. The van der Waals surface area contributed by atoms with Gasteiger partial charge in [-0.1, -0.05) is 18.2 Å². The van der Waals surface area contributed by atoms with E-state index in [4.69, 9.17) is 4.74 Å². The third-order valence-corrected chi connectivity index (χ3v) is 3.11. The molecule has 0 radical (unpaired) electrons. The van der Waals surface area contributed by atoms with Gasteiger partial charge < -0.3 is 15.0 Å². The lowest BCUT2D eigenvalue weighted by Crippen LogP contribution is -2.23. The normalized spacial score (nSPS) is 10.6. The summed E-state index contributed by atoms with van der Waals surface area (Å²) in [7, 11) is 3.90. The van der Waals surface area contributed by atoms with Crippen LogP contribution < -0.4 is 10.2 Å². The van der Waals surface area contributed by atoms with Crippen LogP contribution in [0.1, 0.15) is 18.4 Å². The van der Waals surface area contributed by atoms with Gasteiger partial charge in [0.2, 0.25) is 0 Å². The Bertz CT molecular complexity index is 328. The van der Waals surface area contributed by atoms with E-state index in [9.17, 15) is 0 Å². The fourth-order valence-corrected chi connectivity index (χ4v) is 2.01. The third-order valence-electron chi connectivity index (χ3n) is 3.11. The minimum Gasteiger partial charge on any atom is -0.383 e. The fraction of sp³-hybridized carbons (Fsp3) is 0.600. The summed E-state index contributed by atoms with van der Waals surface area (Å²) in [5.41, 5.74) is 2.68. The van der Waals surface area contributed by atoms with Crippen molar-refractivity contribution in [3.63, 3.8) is 0 Å². The van der Waals surface area contributed by atoms with Gasteiger partial charge in [0.15, 0.2) is 0 Å². The van der Waals surface area contributed by atoms with Gasteiger partial charge in [-0.15, -0.1) is 0 Å². The van der Waals surface area contributed by atoms with E-state index < -0.39 is 0 Å². The van der Waals surface area contributed by atoms with Crippen molar-refractivity contribution in [3.05, 3.63) is 29.8 Å². The highest BCUT2D eigenvalue weighted by Crippen LogP contribution is 2.17. The standard InChI is InChI=1S/C15H26N2O/c1-14-8-4-5-9-15(14)17(2)12-7-6-10-16-11-13-18-3/h4-5,8-9,16H,6-7,10-13H2,1-3H3. The number of ether oxygens (including phenoxy) is 1. The molecular formula is C15H26N2O. The number of aryl methyl sites for hydroxylation is 1. The SMILES string of the molecule is COCCNCCCCN(C)c1ccccc1C. The van der Waals surface area contributed by atoms with E-state index in [2.05, 4.69) is 48.5 Å². The van der Waals surface area contributed by atoms with Crippen LogP contribution in [0, 0.1) is 6.92 Å². The molecule has 3 nitrogen and oxygen atoms in total. The molecule has 0 saturated heterocycles. The molecular weight excluding hydrogens is 224 g/mol. The lowest BCUT2D eigenvalue weighted by atomic mass is 10.2. The van der Waals surface area contributed by atoms with Gasteiger partial charge in [0.1, 0.15) is 0 Å². The summed E-state index contributed by atoms with van der Waals surface area (Å²) in [4.78, 5) is 2.34. The lowest BCUT2D eigenvalue weighted by molar-refractivity contribution is 0.199. The van der Waals surface area contributed by atoms with E-state index in [0.717, 1.165) is 26.2 Å². The maximum Gasteiger partial charge on any atom is 0.0587 e. The summed E-state index contributed by atoms with van der Waals surface area (Å²) in [5.74, 6) is 0. The molecule has 0 aliphatic rings. The second-order valence-corrected chi connectivity index (χ2v) is 4.66. The summed E-state index contributed by atoms with van der Waals surface area (Å²) in [6.07, 6.45) is 2.42. The first-order chi connectivity index (χ1) is 8.75. The average Bonchev–Trinajstić information content (AvgIpc) is 2.38. The Morgan fingerprint density at radius 2 is 1.94 bits per heavy atom. The number of unbranched alkanes of at least 4 members (excludes halogenated alkanes) is 1. The molecule has 0 fully saturated rings. The summed E-state index contributed by atoms with van der Waals surface area (Å²) in [5, 5.41) is 3.37. The number of nitrogens with zero attached hydrogens (tertiary/aromatic N) is 1. The molecule has 102 valence electrons. The van der Waals surface area contributed by atoms with E-state index in [0.29, 0.717) is 0 Å². The highest BCUT2D eigenvalue weighted by molar-refractivity contribution is 5.52. The maximum absolute atomic E-state index is 4.99. The molecule has 0 bridgehead atoms. The number of para-hydroxylation sites is 1. The average molecular weight is 250 g/mol. The molecule has 3 heteroatoms. The highest BCUT2D eigenvalue weighted by Gasteiger charge is 2.02. The molecule has 0 saturated carbocycles. The van der Waals surface area contributed by atoms with Crippen LogP contribution in [0.4, 0.5) is 5.69 Å². The summed E-state index contributed by atoms with van der Waals surface area (Å²) in [6.45, 7) is 6.09. The van der Waals surface area contributed by atoms with E-state index >= 15 is 0 Å². The van der Waals surface area contributed by atoms with Crippen LogP contribution in [0.3, 0.4) is 0 Å². The maximum atomic E-state index is 4.99. The van der Waals surface area contributed by atoms with Crippen molar-refractivity contribution in [1.29, 1.82) is 0 Å². The predicted molar refractivity (Wildman–Crippen MR) is 78.4 cm³/mol. The number of methoxy groups -OCH3 is 1. The molecule has 0 aliphatic heterocycles. The molecule has 0 amide bonds. The number of benzene rings is 1. The Morgan fingerprint density at radius 1 is 1.17 bits per heavy atom. The molecule has 0 aromatic heterocycles. The minimum atomic E-state index is 0.795. The van der Waals surface area contributed by atoms with E-state index in [1.807, 2.05) is 0 Å². The van der Waals surface area contributed by atoms with Crippen LogP contribution in [-0.4, -0.2) is 40.4 Å². The Balaban J connectivity index is 2.14. The number of nitrogens with one attached hydrogen (secondary N) is 1. The zero-order valence-corrected chi connectivity index (χ0v) is 11.9. The van der Waals surface area contributed by atoms with Gasteiger partial charge >= 0.3 is 0 Å². The topological polar surface area (TPSA) is 24.5 Å². The first-order valence-electron chi connectivity index (χ1n) is 6.72. The first kappa shape index (κ1) is 15.0. The molecule has 1 N–H and O–H groups in total. The number of hydrogen-bond acceptors (Lipinski definition) is 3. The van der Waals surface area contributed by atoms with E-state index in [-0.39, 0.29) is 0 Å². The van der Waals surface area contributed by atoms with Gasteiger partial charge in [0, 0.05) is 32.9 Å². The molecule has 0 atom stereocenters. The molecule has 0 heterocycles. The van der Waals surface area contributed by atoms with Gasteiger partial charge in [0.25, 0.3) is 0 Å². The lowest BCUT2D eigenvalue weighted by Gasteiger charge is -2.21. The molecule has 0 unspecified atom stereocenters. The highest BCUT2D eigenvalue weighted by atomic mass is 16.5. The quantitative estimate of drug-likeness (QED) is 0.681. The zero-order valence-electron chi connectivity index (χ0n) is 11.9. The van der Waals surface area contributed by atoms with Crippen molar-refractivity contribution in [2.75, 3.05) is 45.3 Å². The van der Waals surface area contributed by atoms with E-state index in [1.54, 1.807) is 7.11 Å². The third kappa shape index (κ3) is 5.52. The van der Waals surface area contributed by atoms with Crippen molar-refractivity contribution < 1.29 is 4.74 Å². The largest absolute Gasteiger partial charge is 0.383 e. The van der Waals surface area contributed by atoms with Crippen LogP contribution in [0.25, 0.3) is 0 Å². The summed E-state index contributed by atoms with van der Waals surface area (Å²) < 4.78 is 4.99. The smallest absolute Gasteiger partial charge is 0.0587 e. The Morgan fingerprint density at radius 3 is 2.67 bits per heavy atom. The van der Waals surface area contributed by atoms with Crippen LogP contribution >= 0.6 is 0 Å². The van der Waals surface area contributed by atoms with Gasteiger partial charge in [-0.05, 0) is 37.9 Å². The van der Waals surface area contributed by atoms with Crippen LogP contribution in [0.15, 0.2) is 24.3 Å².